The van der Waals surface area contributed by atoms with Crippen LogP contribution in [0.3, 0.4) is 0 Å². The largest absolute Gasteiger partial charge is 0.378 e. The molecule has 0 unspecified atom stereocenters. The summed E-state index contributed by atoms with van der Waals surface area (Å²) in [4.78, 5) is 19.2. The van der Waals surface area contributed by atoms with Gasteiger partial charge in [-0.25, -0.2) is 0 Å². The van der Waals surface area contributed by atoms with E-state index in [0.717, 1.165) is 67.1 Å². The molecule has 0 atom stereocenters. The average Bonchev–Trinajstić information content (AvgIpc) is 3.67. The van der Waals surface area contributed by atoms with Gasteiger partial charge in [-0.15, -0.1) is 0 Å². The normalized spacial score (nSPS) is 21.2. The molecule has 2 aromatic carbocycles. The van der Waals surface area contributed by atoms with E-state index >= 15 is 0 Å². The Bertz CT molecular complexity index is 1550. The number of rotatable bonds is 3. The fourth-order valence-electron chi connectivity index (χ4n) is 6.64. The molecule has 6 heteroatoms. The minimum absolute atomic E-state index is 0.0382. The second-order valence-corrected chi connectivity index (χ2v) is 11.4. The van der Waals surface area contributed by atoms with Crippen LogP contribution in [-0.2, 0) is 10.2 Å². The molecule has 0 bridgehead atoms. The van der Waals surface area contributed by atoms with Gasteiger partial charge in [0.15, 0.2) is 5.78 Å². The van der Waals surface area contributed by atoms with Crippen molar-refractivity contribution in [2.75, 3.05) is 44.3 Å². The highest BCUT2D eigenvalue weighted by atomic mass is 16.5. The molecule has 2 aliphatic heterocycles. The first-order valence-electron chi connectivity index (χ1n) is 13.3. The van der Waals surface area contributed by atoms with Crippen LogP contribution in [0.1, 0.15) is 70.9 Å². The molecule has 37 heavy (non-hydrogen) atoms. The highest BCUT2D eigenvalue weighted by Crippen LogP contribution is 2.51. The van der Waals surface area contributed by atoms with Crippen LogP contribution < -0.4 is 4.90 Å². The van der Waals surface area contributed by atoms with Gasteiger partial charge in [-0.2, -0.15) is 5.26 Å². The monoisotopic (exact) mass is 490 g/mol. The quantitative estimate of drug-likeness (QED) is 0.515. The summed E-state index contributed by atoms with van der Waals surface area (Å²) in [5.41, 5.74) is 6.78. The summed E-state index contributed by atoms with van der Waals surface area (Å²) in [5.74, 6) is 0.567. The molecule has 4 aliphatic rings. The maximum atomic E-state index is 14.2. The van der Waals surface area contributed by atoms with E-state index in [2.05, 4.69) is 47.9 Å². The first-order valence-corrected chi connectivity index (χ1v) is 13.3. The Labute approximate surface area is 217 Å². The topological polar surface area (TPSA) is 61.5 Å². The number of ether oxygens (including phenoxy) is 1. The zero-order valence-electron chi connectivity index (χ0n) is 21.4. The number of carbonyl (C=O) groups excluding carboxylic acids is 1. The van der Waals surface area contributed by atoms with Crippen molar-refractivity contribution >= 4 is 22.4 Å². The molecule has 186 valence electrons. The highest BCUT2D eigenvalue weighted by molar-refractivity contribution is 6.20. The molecular weight excluding hydrogens is 460 g/mol. The van der Waals surface area contributed by atoms with Gasteiger partial charge >= 0.3 is 0 Å². The smallest absolute Gasteiger partial charge is 0.195 e. The molecule has 3 aromatic rings. The molecule has 0 radical (unpaired) electrons. The van der Waals surface area contributed by atoms with E-state index in [4.69, 9.17) is 11.2 Å². The molecule has 1 aromatic heterocycles. The Hall–Kier alpha value is -3.58. The number of piperazine rings is 1. The third-order valence-corrected chi connectivity index (χ3v) is 8.94. The van der Waals surface area contributed by atoms with Crippen molar-refractivity contribution < 1.29 is 9.53 Å². The van der Waals surface area contributed by atoms with Crippen LogP contribution >= 0.6 is 0 Å². The van der Waals surface area contributed by atoms with Crippen LogP contribution in [0.25, 0.3) is 10.9 Å². The number of nitriles is 1. The third-order valence-electron chi connectivity index (χ3n) is 8.94. The average molecular weight is 491 g/mol. The van der Waals surface area contributed by atoms with E-state index in [1.54, 1.807) is 16.7 Å². The zero-order valence-corrected chi connectivity index (χ0v) is 21.4. The Kier molecular flexibility index (Phi) is 4.86. The Balaban J connectivity index is 1.37. The maximum absolute atomic E-state index is 14.2. The van der Waals surface area contributed by atoms with Gasteiger partial charge in [0.25, 0.3) is 0 Å². The minimum Gasteiger partial charge on any atom is -0.378 e. The summed E-state index contributed by atoms with van der Waals surface area (Å²) in [6.45, 7) is 10.1. The molecule has 0 amide bonds. The van der Waals surface area contributed by atoms with Crippen LogP contribution in [-0.4, -0.2) is 60.7 Å². The highest BCUT2D eigenvalue weighted by Gasteiger charge is 2.43. The van der Waals surface area contributed by atoms with Gasteiger partial charge in [0.05, 0.1) is 47.7 Å². The van der Waals surface area contributed by atoms with Crippen molar-refractivity contribution in [3.8, 4) is 18.5 Å². The van der Waals surface area contributed by atoms with Crippen molar-refractivity contribution in [3.63, 3.8) is 0 Å². The second kappa shape index (κ2) is 7.96. The predicted octanol–water partition coefficient (Wildman–Crippen LogP) is 4.22. The lowest BCUT2D eigenvalue weighted by atomic mass is 9.70. The van der Waals surface area contributed by atoms with Gasteiger partial charge in [-0.3, -0.25) is 14.3 Å². The van der Waals surface area contributed by atoms with Gasteiger partial charge in [-0.1, -0.05) is 26.3 Å². The molecule has 2 aliphatic carbocycles. The Morgan fingerprint density at radius 2 is 1.84 bits per heavy atom. The molecule has 6 nitrogen and oxygen atoms in total. The van der Waals surface area contributed by atoms with E-state index in [1.807, 2.05) is 6.07 Å². The minimum atomic E-state index is -0.474. The molecule has 3 heterocycles. The van der Waals surface area contributed by atoms with Gasteiger partial charge < -0.3 is 9.64 Å². The lowest BCUT2D eigenvalue weighted by molar-refractivity contribution is -0.0660. The zero-order chi connectivity index (χ0) is 25.5. The summed E-state index contributed by atoms with van der Waals surface area (Å²) in [5, 5.41) is 10.3. The summed E-state index contributed by atoms with van der Waals surface area (Å²) in [6.07, 6.45) is 8.40. The van der Waals surface area contributed by atoms with E-state index in [1.165, 1.54) is 24.1 Å². The fourth-order valence-corrected chi connectivity index (χ4v) is 6.64. The standard InChI is InChI=1S/C31H30N4O2/c1-4-35-27-13-19(16-32)5-8-22(27)28-29(36)24-14-23(20-6-7-20)26(15-25(24)31(2,3)30(28)35)34-11-9-33(10-12-34)21-17-37-18-21/h1,5,8,13-15,20-21H,6-7,9-12,17-18H2,2-3H3. The predicted molar refractivity (Wildman–Crippen MR) is 143 cm³/mol. The van der Waals surface area contributed by atoms with Crippen molar-refractivity contribution in [2.45, 2.75) is 44.1 Å². The number of hydrogen-bond donors (Lipinski definition) is 0. The molecule has 0 spiro atoms. The van der Waals surface area contributed by atoms with Crippen molar-refractivity contribution in [2.24, 2.45) is 0 Å². The number of aromatic nitrogens is 1. The van der Waals surface area contributed by atoms with Crippen LogP contribution in [0.15, 0.2) is 30.3 Å². The number of nitrogens with zero attached hydrogens (tertiary/aromatic N) is 4. The van der Waals surface area contributed by atoms with Gasteiger partial charge in [0.1, 0.15) is 0 Å². The van der Waals surface area contributed by atoms with Crippen LogP contribution in [0.5, 0.6) is 0 Å². The van der Waals surface area contributed by atoms with E-state index in [9.17, 15) is 10.1 Å². The van der Waals surface area contributed by atoms with Crippen molar-refractivity contribution in [1.29, 1.82) is 5.26 Å². The number of carbonyl (C=O) groups is 1. The Morgan fingerprint density at radius 3 is 2.46 bits per heavy atom. The maximum Gasteiger partial charge on any atom is 0.195 e. The number of fused-ring (bicyclic) bond motifs is 4. The lowest BCUT2D eigenvalue weighted by Gasteiger charge is -2.44. The summed E-state index contributed by atoms with van der Waals surface area (Å²) in [7, 11) is 0. The van der Waals surface area contributed by atoms with E-state index < -0.39 is 5.41 Å². The molecule has 7 rings (SSSR count). The number of terminal acetylenes is 1. The summed E-state index contributed by atoms with van der Waals surface area (Å²) in [6, 6.07) is 15.5. The van der Waals surface area contributed by atoms with Crippen molar-refractivity contribution in [1.82, 2.24) is 9.47 Å². The second-order valence-electron chi connectivity index (χ2n) is 11.4. The first-order chi connectivity index (χ1) is 17.9. The SMILES string of the molecule is C#Cn1c2c(c3ccc(C#N)cc31)C(=O)c1cc(C3CC3)c(N3CCN(C4COC4)CC3)cc1C2(C)C. The van der Waals surface area contributed by atoms with Crippen LogP contribution in [0, 0.1) is 23.8 Å². The Morgan fingerprint density at radius 1 is 1.08 bits per heavy atom. The lowest BCUT2D eigenvalue weighted by Crippen LogP contribution is -2.56. The molecule has 2 saturated heterocycles. The summed E-state index contributed by atoms with van der Waals surface area (Å²) < 4.78 is 7.21. The van der Waals surface area contributed by atoms with Crippen LogP contribution in [0.2, 0.25) is 0 Å². The van der Waals surface area contributed by atoms with Gasteiger partial charge in [0, 0.05) is 54.3 Å². The molecular formula is C31H30N4O2. The first kappa shape index (κ1) is 22.6. The summed E-state index contributed by atoms with van der Waals surface area (Å²) >= 11 is 0. The van der Waals surface area contributed by atoms with Gasteiger partial charge in [0.2, 0.25) is 0 Å². The number of benzene rings is 2. The van der Waals surface area contributed by atoms with E-state index in [0.29, 0.717) is 23.1 Å². The van der Waals surface area contributed by atoms with Crippen molar-refractivity contribution in [3.05, 3.63) is 63.8 Å². The number of ketones is 1. The molecule has 1 saturated carbocycles. The third kappa shape index (κ3) is 3.23. The number of hydrogen-bond acceptors (Lipinski definition) is 5. The number of anilines is 1. The molecule has 0 N–H and O–H groups in total. The van der Waals surface area contributed by atoms with Gasteiger partial charge in [-0.05, 0) is 54.2 Å². The fraction of sp³-hybridized carbons (Fsp3) is 0.419. The van der Waals surface area contributed by atoms with Crippen LogP contribution in [0.4, 0.5) is 5.69 Å². The van der Waals surface area contributed by atoms with E-state index in [-0.39, 0.29) is 5.78 Å². The molecule has 3 fully saturated rings.